The third-order valence-corrected chi connectivity index (χ3v) is 2.92. The molecule has 0 fully saturated rings. The number of unbranched alkanes of at least 4 members (excludes halogenated alkanes) is 1. The van der Waals surface area contributed by atoms with E-state index < -0.39 is 0 Å². The van der Waals surface area contributed by atoms with Gasteiger partial charge in [-0.25, -0.2) is 0 Å². The lowest BCUT2D eigenvalue weighted by Gasteiger charge is -2.12. The van der Waals surface area contributed by atoms with Crippen LogP contribution in [0.2, 0.25) is 0 Å². The van der Waals surface area contributed by atoms with Crippen molar-refractivity contribution in [3.63, 3.8) is 0 Å². The van der Waals surface area contributed by atoms with Crippen molar-refractivity contribution in [1.29, 1.82) is 0 Å². The Morgan fingerprint density at radius 3 is 2.67 bits per heavy atom. The molecule has 0 spiro atoms. The number of carbonyl (C=O) groups excluding carboxylic acids is 1. The number of halogens is 1. The smallest absolute Gasteiger partial charge is 0.251 e. The highest BCUT2D eigenvalue weighted by molar-refractivity contribution is 14.0. The fraction of sp³-hybridized carbons (Fsp3) is 0.467. The van der Waals surface area contributed by atoms with E-state index in [1.807, 2.05) is 18.2 Å². The van der Waals surface area contributed by atoms with Gasteiger partial charge in [0.25, 0.3) is 5.91 Å². The largest absolute Gasteiger partial charge is 0.356 e. The van der Waals surface area contributed by atoms with Gasteiger partial charge in [0.1, 0.15) is 0 Å². The number of benzene rings is 1. The van der Waals surface area contributed by atoms with Crippen molar-refractivity contribution in [2.45, 2.75) is 26.3 Å². The molecule has 0 unspecified atom stereocenters. The van der Waals surface area contributed by atoms with Crippen LogP contribution in [0.5, 0.6) is 0 Å². The van der Waals surface area contributed by atoms with Gasteiger partial charge in [-0.3, -0.25) is 9.79 Å². The van der Waals surface area contributed by atoms with Crippen LogP contribution in [0.4, 0.5) is 0 Å². The Labute approximate surface area is 144 Å². The van der Waals surface area contributed by atoms with Gasteiger partial charge in [0.15, 0.2) is 5.96 Å². The molecular weight excluding hydrogens is 379 g/mol. The van der Waals surface area contributed by atoms with Crippen LogP contribution in [0.15, 0.2) is 29.3 Å². The molecule has 118 valence electrons. The lowest BCUT2D eigenvalue weighted by molar-refractivity contribution is 0.0963. The summed E-state index contributed by atoms with van der Waals surface area (Å²) in [7, 11) is 3.38. The van der Waals surface area contributed by atoms with Crippen LogP contribution in [0.1, 0.15) is 35.7 Å². The molecule has 0 aliphatic rings. The number of carbonyl (C=O) groups is 1. The van der Waals surface area contributed by atoms with E-state index in [1.165, 1.54) is 0 Å². The molecule has 0 aliphatic carbocycles. The number of amides is 1. The molecule has 6 heteroatoms. The monoisotopic (exact) mass is 404 g/mol. The molecule has 0 atom stereocenters. The number of hydrogen-bond donors (Lipinski definition) is 3. The summed E-state index contributed by atoms with van der Waals surface area (Å²) in [5, 5.41) is 9.11. The molecule has 1 rings (SSSR count). The fourth-order valence-electron chi connectivity index (χ4n) is 1.76. The van der Waals surface area contributed by atoms with Gasteiger partial charge in [0, 0.05) is 32.7 Å². The minimum absolute atomic E-state index is 0. The standard InChI is InChI=1S/C15H24N4O.HI/c1-4-5-9-18-15(17-3)19-11-12-7-6-8-13(10-12)14(20)16-2;/h6-8,10H,4-5,9,11H2,1-3H3,(H,16,20)(H2,17,18,19);1H. The fourth-order valence-corrected chi connectivity index (χ4v) is 1.76. The SMILES string of the molecule is CCCCNC(=NC)NCc1cccc(C(=O)NC)c1.I. The molecule has 5 nitrogen and oxygen atoms in total. The lowest BCUT2D eigenvalue weighted by Crippen LogP contribution is -2.37. The molecule has 1 aromatic carbocycles. The number of hydrogen-bond acceptors (Lipinski definition) is 2. The highest BCUT2D eigenvalue weighted by Gasteiger charge is 2.04. The zero-order valence-electron chi connectivity index (χ0n) is 12.9. The molecular formula is C15H25IN4O. The predicted molar refractivity (Wildman–Crippen MR) is 98.4 cm³/mol. The number of aliphatic imine (C=N–C) groups is 1. The Morgan fingerprint density at radius 1 is 1.29 bits per heavy atom. The van der Waals surface area contributed by atoms with Crippen LogP contribution in [0.25, 0.3) is 0 Å². The molecule has 0 aliphatic heterocycles. The minimum atomic E-state index is -0.0719. The van der Waals surface area contributed by atoms with Gasteiger partial charge < -0.3 is 16.0 Å². The normalized spacial score (nSPS) is 10.5. The number of rotatable bonds is 6. The summed E-state index contributed by atoms with van der Waals surface area (Å²) in [6.45, 7) is 3.70. The lowest BCUT2D eigenvalue weighted by atomic mass is 10.1. The minimum Gasteiger partial charge on any atom is -0.356 e. The summed E-state index contributed by atoms with van der Waals surface area (Å²) in [6, 6.07) is 7.55. The topological polar surface area (TPSA) is 65.5 Å². The quantitative estimate of drug-likeness (QED) is 0.295. The molecule has 3 N–H and O–H groups in total. The van der Waals surface area contributed by atoms with Crippen molar-refractivity contribution in [3.05, 3.63) is 35.4 Å². The molecule has 0 bridgehead atoms. The van der Waals surface area contributed by atoms with Gasteiger partial charge in [-0.2, -0.15) is 0 Å². The van der Waals surface area contributed by atoms with E-state index in [0.29, 0.717) is 12.1 Å². The second-order valence-electron chi connectivity index (χ2n) is 4.49. The van der Waals surface area contributed by atoms with Crippen LogP contribution < -0.4 is 16.0 Å². The van der Waals surface area contributed by atoms with Crippen LogP contribution in [0.3, 0.4) is 0 Å². The molecule has 0 heterocycles. The molecule has 0 saturated carbocycles. The van der Waals surface area contributed by atoms with E-state index in [0.717, 1.165) is 30.9 Å². The average Bonchev–Trinajstić information content (AvgIpc) is 2.50. The van der Waals surface area contributed by atoms with Gasteiger partial charge in [0.2, 0.25) is 0 Å². The molecule has 1 aromatic rings. The second kappa shape index (κ2) is 11.4. The second-order valence-corrected chi connectivity index (χ2v) is 4.49. The Morgan fingerprint density at radius 2 is 2.05 bits per heavy atom. The number of nitrogens with zero attached hydrogens (tertiary/aromatic N) is 1. The third-order valence-electron chi connectivity index (χ3n) is 2.92. The van der Waals surface area contributed by atoms with Crippen molar-refractivity contribution < 1.29 is 4.79 Å². The zero-order valence-corrected chi connectivity index (χ0v) is 15.2. The number of guanidine groups is 1. The first-order chi connectivity index (χ1) is 9.71. The maximum absolute atomic E-state index is 11.6. The highest BCUT2D eigenvalue weighted by atomic mass is 127. The molecule has 0 aromatic heterocycles. The van der Waals surface area contributed by atoms with Crippen LogP contribution in [-0.2, 0) is 6.54 Å². The molecule has 0 saturated heterocycles. The van der Waals surface area contributed by atoms with E-state index in [-0.39, 0.29) is 29.9 Å². The van der Waals surface area contributed by atoms with Crippen LogP contribution in [0, 0.1) is 0 Å². The van der Waals surface area contributed by atoms with Gasteiger partial charge in [0.05, 0.1) is 0 Å². The number of nitrogens with one attached hydrogen (secondary N) is 3. The van der Waals surface area contributed by atoms with E-state index in [9.17, 15) is 4.79 Å². The maximum atomic E-state index is 11.6. The molecule has 0 radical (unpaired) electrons. The van der Waals surface area contributed by atoms with E-state index in [2.05, 4.69) is 27.9 Å². The Balaban J connectivity index is 0.00000400. The first kappa shape index (κ1) is 19.7. The highest BCUT2D eigenvalue weighted by Crippen LogP contribution is 2.05. The van der Waals surface area contributed by atoms with Crippen molar-refractivity contribution in [3.8, 4) is 0 Å². The van der Waals surface area contributed by atoms with E-state index in [4.69, 9.17) is 0 Å². The van der Waals surface area contributed by atoms with Crippen LogP contribution in [-0.4, -0.2) is 32.5 Å². The summed E-state index contributed by atoms with van der Waals surface area (Å²) < 4.78 is 0. The molecule has 1 amide bonds. The Hall–Kier alpha value is -1.31. The predicted octanol–water partition coefficient (Wildman–Crippen LogP) is 2.13. The van der Waals surface area contributed by atoms with Crippen molar-refractivity contribution >= 4 is 35.8 Å². The Kier molecular flexibility index (Phi) is 10.7. The van der Waals surface area contributed by atoms with Gasteiger partial charge in [-0.1, -0.05) is 25.5 Å². The summed E-state index contributed by atoms with van der Waals surface area (Å²) in [5.74, 6) is 0.709. The van der Waals surface area contributed by atoms with Crippen molar-refractivity contribution in [2.75, 3.05) is 20.6 Å². The Bertz CT molecular complexity index is 463. The van der Waals surface area contributed by atoms with E-state index >= 15 is 0 Å². The third kappa shape index (κ3) is 7.31. The van der Waals surface area contributed by atoms with Gasteiger partial charge in [-0.15, -0.1) is 24.0 Å². The molecule has 21 heavy (non-hydrogen) atoms. The maximum Gasteiger partial charge on any atom is 0.251 e. The first-order valence-electron chi connectivity index (χ1n) is 6.96. The van der Waals surface area contributed by atoms with E-state index in [1.54, 1.807) is 20.2 Å². The van der Waals surface area contributed by atoms with Gasteiger partial charge in [-0.05, 0) is 24.1 Å². The average molecular weight is 404 g/mol. The zero-order chi connectivity index (χ0) is 14.8. The van der Waals surface area contributed by atoms with Crippen LogP contribution >= 0.6 is 24.0 Å². The van der Waals surface area contributed by atoms with Gasteiger partial charge >= 0.3 is 0 Å². The summed E-state index contributed by atoms with van der Waals surface area (Å²) in [4.78, 5) is 15.7. The first-order valence-corrected chi connectivity index (χ1v) is 6.96. The summed E-state index contributed by atoms with van der Waals surface area (Å²) >= 11 is 0. The summed E-state index contributed by atoms with van der Waals surface area (Å²) in [5.41, 5.74) is 1.71. The summed E-state index contributed by atoms with van der Waals surface area (Å²) in [6.07, 6.45) is 2.27. The van der Waals surface area contributed by atoms with Crippen molar-refractivity contribution in [1.82, 2.24) is 16.0 Å². The van der Waals surface area contributed by atoms with Crippen molar-refractivity contribution in [2.24, 2.45) is 4.99 Å².